The van der Waals surface area contributed by atoms with Crippen molar-refractivity contribution in [3.63, 3.8) is 0 Å². The zero-order chi connectivity index (χ0) is 18.5. The van der Waals surface area contributed by atoms with Gasteiger partial charge in [-0.1, -0.05) is 12.1 Å². The molecule has 1 aliphatic heterocycles. The van der Waals surface area contributed by atoms with Crippen molar-refractivity contribution in [3.8, 4) is 0 Å². The normalized spacial score (nSPS) is 15.5. The largest absolute Gasteiger partial charge is 0.459 e. The minimum atomic E-state index is 0.134. The molecule has 3 N–H and O–H groups in total. The molecule has 0 radical (unpaired) electrons. The number of nitrogens with zero attached hydrogens (tertiary/aromatic N) is 3. The van der Waals surface area contributed by atoms with Gasteiger partial charge in [-0.05, 0) is 55.4 Å². The van der Waals surface area contributed by atoms with E-state index in [1.165, 1.54) is 16.8 Å². The summed E-state index contributed by atoms with van der Waals surface area (Å²) in [7, 11) is 0. The van der Waals surface area contributed by atoms with Gasteiger partial charge in [-0.3, -0.25) is 10.3 Å². The number of rotatable bonds is 5. The third-order valence-electron chi connectivity index (χ3n) is 4.51. The van der Waals surface area contributed by atoms with Gasteiger partial charge >= 0.3 is 0 Å². The number of thiocarbonyl (C=S) groups is 1. The zero-order valence-corrected chi connectivity index (χ0v) is 16.1. The zero-order valence-electron chi connectivity index (χ0n) is 15.2. The van der Waals surface area contributed by atoms with Gasteiger partial charge < -0.3 is 15.1 Å². The highest BCUT2D eigenvalue weighted by atomic mass is 32.1. The molecule has 1 aromatic heterocycles. The summed E-state index contributed by atoms with van der Waals surface area (Å²) >= 11 is 4.70. The Bertz CT molecular complexity index is 793. The van der Waals surface area contributed by atoms with Gasteiger partial charge in [0.2, 0.25) is 0 Å². The third kappa shape index (κ3) is 4.83. The average molecular weight is 372 g/mol. The van der Waals surface area contributed by atoms with Gasteiger partial charge in [0.05, 0.1) is 12.8 Å². The van der Waals surface area contributed by atoms with Crippen molar-refractivity contribution in [1.29, 1.82) is 0 Å². The smallest absolute Gasteiger partial charge is 0.184 e. The maximum absolute atomic E-state index is 5.79. The number of hydrogen-bond acceptors (Lipinski definition) is 5. The molecule has 7 heteroatoms. The van der Waals surface area contributed by atoms with E-state index in [9.17, 15) is 0 Å². The van der Waals surface area contributed by atoms with Crippen LogP contribution < -0.4 is 16.1 Å². The first-order chi connectivity index (χ1) is 12.5. The number of nitrogens with one attached hydrogen (secondary N) is 1. The molecule has 2 heterocycles. The highest BCUT2D eigenvalue weighted by Gasteiger charge is 2.19. The van der Waals surface area contributed by atoms with Crippen LogP contribution in [0.2, 0.25) is 0 Å². The predicted molar refractivity (Wildman–Crippen MR) is 110 cm³/mol. The van der Waals surface area contributed by atoms with E-state index < -0.39 is 0 Å². The van der Waals surface area contributed by atoms with E-state index in [0.717, 1.165) is 38.5 Å². The molecule has 3 rings (SSSR count). The Morgan fingerprint density at radius 1 is 1.23 bits per heavy atom. The van der Waals surface area contributed by atoms with Gasteiger partial charge in [-0.15, -0.1) is 0 Å². The number of benzene rings is 1. The first kappa shape index (κ1) is 18.4. The van der Waals surface area contributed by atoms with E-state index in [1.807, 2.05) is 12.1 Å². The maximum atomic E-state index is 5.79. The van der Waals surface area contributed by atoms with Crippen molar-refractivity contribution in [2.45, 2.75) is 20.4 Å². The highest BCUT2D eigenvalue weighted by molar-refractivity contribution is 7.80. The van der Waals surface area contributed by atoms with Crippen LogP contribution in [-0.4, -0.2) is 42.4 Å². The Balaban J connectivity index is 1.53. The van der Waals surface area contributed by atoms with Crippen molar-refractivity contribution in [2.75, 3.05) is 31.1 Å². The second kappa shape index (κ2) is 8.33. The lowest BCUT2D eigenvalue weighted by atomic mass is 10.1. The van der Waals surface area contributed by atoms with Crippen molar-refractivity contribution in [3.05, 3.63) is 53.0 Å². The SMILES string of the molecule is Cc1ccc(C)c(N2CCN(Cc3ccc(C=NNC(N)=S)o3)CC2)c1. The fraction of sp³-hybridized carbons (Fsp3) is 0.368. The minimum Gasteiger partial charge on any atom is -0.459 e. The molecular weight excluding hydrogens is 346 g/mol. The van der Waals surface area contributed by atoms with Gasteiger partial charge in [-0.25, -0.2) is 0 Å². The molecule has 0 amide bonds. The summed E-state index contributed by atoms with van der Waals surface area (Å²) in [5.74, 6) is 1.61. The number of furan rings is 1. The van der Waals surface area contributed by atoms with Crippen LogP contribution in [0.5, 0.6) is 0 Å². The third-order valence-corrected chi connectivity index (χ3v) is 4.60. The van der Waals surface area contributed by atoms with Gasteiger partial charge in [0.15, 0.2) is 5.11 Å². The van der Waals surface area contributed by atoms with Gasteiger partial charge in [-0.2, -0.15) is 5.10 Å². The summed E-state index contributed by atoms with van der Waals surface area (Å²) in [6.45, 7) is 9.21. The van der Waals surface area contributed by atoms with Crippen LogP contribution in [0.25, 0.3) is 0 Å². The maximum Gasteiger partial charge on any atom is 0.184 e. The molecule has 0 atom stereocenters. The number of aryl methyl sites for hydroxylation is 2. The van der Waals surface area contributed by atoms with Crippen LogP contribution >= 0.6 is 12.2 Å². The van der Waals surface area contributed by atoms with Gasteiger partial charge in [0.25, 0.3) is 0 Å². The van der Waals surface area contributed by atoms with Crippen LogP contribution in [0.4, 0.5) is 5.69 Å². The molecule has 1 saturated heterocycles. The van der Waals surface area contributed by atoms with Crippen molar-refractivity contribution in [1.82, 2.24) is 10.3 Å². The second-order valence-electron chi connectivity index (χ2n) is 6.59. The molecule has 138 valence electrons. The number of hydrogen-bond donors (Lipinski definition) is 2. The molecule has 6 nitrogen and oxygen atoms in total. The molecule has 26 heavy (non-hydrogen) atoms. The van der Waals surface area contributed by atoms with Crippen LogP contribution in [0.3, 0.4) is 0 Å². The molecule has 0 saturated carbocycles. The highest BCUT2D eigenvalue weighted by Crippen LogP contribution is 2.23. The molecular formula is C19H25N5OS. The first-order valence-corrected chi connectivity index (χ1v) is 9.14. The predicted octanol–water partition coefficient (Wildman–Crippen LogP) is 2.39. The number of nitrogens with two attached hydrogens (primary N) is 1. The summed E-state index contributed by atoms with van der Waals surface area (Å²) in [6, 6.07) is 10.5. The monoisotopic (exact) mass is 371 g/mol. The summed E-state index contributed by atoms with van der Waals surface area (Å²) in [4.78, 5) is 4.88. The van der Waals surface area contributed by atoms with E-state index in [2.05, 4.69) is 52.4 Å². The molecule has 0 bridgehead atoms. The Labute approximate surface area is 159 Å². The van der Waals surface area contributed by atoms with E-state index in [4.69, 9.17) is 22.4 Å². The average Bonchev–Trinajstić information content (AvgIpc) is 3.05. The Kier molecular flexibility index (Phi) is 5.90. The number of anilines is 1. The number of hydrazone groups is 1. The summed E-state index contributed by atoms with van der Waals surface area (Å²) in [6.07, 6.45) is 1.57. The summed E-state index contributed by atoms with van der Waals surface area (Å²) < 4.78 is 5.79. The van der Waals surface area contributed by atoms with Crippen molar-refractivity contribution in [2.24, 2.45) is 10.8 Å². The Hall–Kier alpha value is -2.38. The van der Waals surface area contributed by atoms with Crippen LogP contribution in [0.15, 0.2) is 39.9 Å². The molecule has 0 aliphatic carbocycles. The van der Waals surface area contributed by atoms with E-state index >= 15 is 0 Å². The Morgan fingerprint density at radius 2 is 2.00 bits per heavy atom. The fourth-order valence-electron chi connectivity index (χ4n) is 3.14. The summed E-state index contributed by atoms with van der Waals surface area (Å²) in [5, 5.41) is 4.04. The van der Waals surface area contributed by atoms with E-state index in [-0.39, 0.29) is 5.11 Å². The van der Waals surface area contributed by atoms with E-state index in [1.54, 1.807) is 6.21 Å². The van der Waals surface area contributed by atoms with Gasteiger partial charge in [0.1, 0.15) is 11.5 Å². The Morgan fingerprint density at radius 3 is 2.73 bits per heavy atom. The topological polar surface area (TPSA) is 70.0 Å². The fourth-order valence-corrected chi connectivity index (χ4v) is 3.19. The standard InChI is InChI=1S/C19H25N5OS/c1-14-3-4-15(2)18(11-14)24-9-7-23(8-10-24)13-17-6-5-16(25-17)12-21-22-19(20)26/h3-6,11-12H,7-10,13H2,1-2H3,(H3,20,22,26). The van der Waals surface area contributed by atoms with Crippen molar-refractivity contribution < 1.29 is 4.42 Å². The van der Waals surface area contributed by atoms with Crippen LogP contribution in [0, 0.1) is 13.8 Å². The van der Waals surface area contributed by atoms with Crippen LogP contribution in [-0.2, 0) is 6.54 Å². The molecule has 1 fully saturated rings. The second-order valence-corrected chi connectivity index (χ2v) is 7.03. The lowest BCUT2D eigenvalue weighted by Crippen LogP contribution is -2.46. The van der Waals surface area contributed by atoms with E-state index in [0.29, 0.717) is 5.76 Å². The lowest BCUT2D eigenvalue weighted by Gasteiger charge is -2.36. The van der Waals surface area contributed by atoms with Crippen LogP contribution in [0.1, 0.15) is 22.6 Å². The molecule has 1 aliphatic rings. The quantitative estimate of drug-likeness (QED) is 0.478. The lowest BCUT2D eigenvalue weighted by molar-refractivity contribution is 0.230. The number of piperazine rings is 1. The minimum absolute atomic E-state index is 0.134. The molecule has 0 spiro atoms. The first-order valence-electron chi connectivity index (χ1n) is 8.73. The molecule has 1 aromatic carbocycles. The van der Waals surface area contributed by atoms with Gasteiger partial charge in [0, 0.05) is 31.9 Å². The summed E-state index contributed by atoms with van der Waals surface area (Å²) in [5.41, 5.74) is 11.8. The molecule has 0 unspecified atom stereocenters. The molecule has 2 aromatic rings. The van der Waals surface area contributed by atoms with Crippen molar-refractivity contribution >= 4 is 29.2 Å².